The summed E-state index contributed by atoms with van der Waals surface area (Å²) in [5.41, 5.74) is -2.22. The summed E-state index contributed by atoms with van der Waals surface area (Å²) in [6.07, 6.45) is 6.98. The fourth-order valence-corrected chi connectivity index (χ4v) is 5.40. The first kappa shape index (κ1) is 30.3. The summed E-state index contributed by atoms with van der Waals surface area (Å²) in [5, 5.41) is 13.8. The molecule has 1 aromatic heterocycles. The highest BCUT2D eigenvalue weighted by molar-refractivity contribution is 5.91. The molecule has 2 aromatic carbocycles. The molecule has 10 heteroatoms. The van der Waals surface area contributed by atoms with Gasteiger partial charge in [-0.15, -0.1) is 6.42 Å². The third-order valence-electron chi connectivity index (χ3n) is 7.96. The molecule has 1 amide bonds. The molecule has 0 spiro atoms. The monoisotopic (exact) mass is 568 g/mol. The molecule has 2 N–H and O–H groups in total. The van der Waals surface area contributed by atoms with Crippen molar-refractivity contribution < 1.29 is 27.8 Å². The molecule has 0 bridgehead atoms. The Morgan fingerprint density at radius 2 is 1.90 bits per heavy atom. The highest BCUT2D eigenvalue weighted by Gasteiger charge is 2.49. The van der Waals surface area contributed by atoms with Crippen molar-refractivity contribution in [2.75, 3.05) is 25.5 Å². The molecule has 218 valence electrons. The van der Waals surface area contributed by atoms with Crippen LogP contribution in [0, 0.1) is 25.1 Å². The van der Waals surface area contributed by atoms with Crippen molar-refractivity contribution in [2.45, 2.75) is 70.6 Å². The fourth-order valence-electron chi connectivity index (χ4n) is 5.40. The number of fused-ring (bicyclic) bond motifs is 1. The molecule has 0 aliphatic carbocycles. The number of carbonyl (C=O) groups excluding carboxylic acids is 1. The Morgan fingerprint density at radius 3 is 2.46 bits per heavy atom. The number of halogens is 3. The van der Waals surface area contributed by atoms with E-state index in [1.54, 1.807) is 31.9 Å². The number of ether oxygens (including phenoxy) is 1. The molecule has 2 heterocycles. The predicted molar refractivity (Wildman–Crippen MR) is 151 cm³/mol. The van der Waals surface area contributed by atoms with Crippen LogP contribution < -0.4 is 5.32 Å². The standard InChI is InChI=1S/C31H35F3N4O3/c1-8-21-16-26-23(17-25(21)30(41-7)12-14-38(15-13-30)20(4)39)28(37-19(3)36-26)35-18(2)22-10-9-11-24(27(22)32)31(33,34)29(5,6)40/h1,9-11,16-18,40H,12-15H2,2-7H3,(H,35,36,37)/t18-/m1/s1. The number of aryl methyl sites for hydroxylation is 1. The molecule has 0 radical (unpaired) electrons. The van der Waals surface area contributed by atoms with E-state index < -0.39 is 34.5 Å². The minimum Gasteiger partial charge on any atom is -0.384 e. The number of likely N-dealkylation sites (tertiary alicyclic amines) is 1. The van der Waals surface area contributed by atoms with Crippen LogP contribution in [0.25, 0.3) is 10.9 Å². The Hall–Kier alpha value is -3.68. The summed E-state index contributed by atoms with van der Waals surface area (Å²) >= 11 is 0. The zero-order chi connectivity index (χ0) is 30.3. The second-order valence-electron chi connectivity index (χ2n) is 11.1. The van der Waals surface area contributed by atoms with Crippen LogP contribution in [0.3, 0.4) is 0 Å². The number of hydrogen-bond acceptors (Lipinski definition) is 6. The lowest BCUT2D eigenvalue weighted by atomic mass is 9.81. The van der Waals surface area contributed by atoms with Crippen LogP contribution in [0.15, 0.2) is 30.3 Å². The van der Waals surface area contributed by atoms with Crippen molar-refractivity contribution >= 4 is 22.6 Å². The van der Waals surface area contributed by atoms with E-state index in [2.05, 4.69) is 21.2 Å². The van der Waals surface area contributed by atoms with E-state index in [1.165, 1.54) is 19.1 Å². The topological polar surface area (TPSA) is 87.6 Å². The number of benzene rings is 2. The van der Waals surface area contributed by atoms with E-state index >= 15 is 4.39 Å². The molecule has 0 unspecified atom stereocenters. The van der Waals surface area contributed by atoms with Crippen molar-refractivity contribution in [1.29, 1.82) is 0 Å². The maximum Gasteiger partial charge on any atom is 0.303 e. The van der Waals surface area contributed by atoms with Gasteiger partial charge in [-0.25, -0.2) is 14.4 Å². The Bertz CT molecular complexity index is 1520. The summed E-state index contributed by atoms with van der Waals surface area (Å²) in [5.74, 6) is -1.39. The minimum atomic E-state index is -3.82. The van der Waals surface area contributed by atoms with Crippen LogP contribution in [0.5, 0.6) is 0 Å². The van der Waals surface area contributed by atoms with Gasteiger partial charge in [0.1, 0.15) is 23.1 Å². The fraction of sp³-hybridized carbons (Fsp3) is 0.452. The molecule has 1 saturated heterocycles. The molecular formula is C31H35F3N4O3. The smallest absolute Gasteiger partial charge is 0.303 e. The lowest BCUT2D eigenvalue weighted by molar-refractivity contribution is -0.170. The van der Waals surface area contributed by atoms with Crippen molar-refractivity contribution in [1.82, 2.24) is 14.9 Å². The molecule has 1 atom stereocenters. The number of aromatic nitrogens is 2. The van der Waals surface area contributed by atoms with Gasteiger partial charge in [0.25, 0.3) is 0 Å². The molecule has 1 aliphatic rings. The Labute approximate surface area is 238 Å². The number of terminal acetylenes is 1. The SMILES string of the molecule is C#Cc1cc2nc(C)nc(N[C@H](C)c3cccc(C(F)(F)C(C)(C)O)c3F)c2cc1C1(OC)CCN(C(C)=O)CC1. The molecule has 3 aromatic rings. The van der Waals surface area contributed by atoms with Gasteiger partial charge < -0.3 is 20.1 Å². The van der Waals surface area contributed by atoms with Crippen LogP contribution in [0.1, 0.15) is 74.7 Å². The molecule has 4 rings (SSSR count). The highest BCUT2D eigenvalue weighted by atomic mass is 19.3. The number of rotatable bonds is 7. The molecule has 0 saturated carbocycles. The summed E-state index contributed by atoms with van der Waals surface area (Å²) in [4.78, 5) is 22.8. The van der Waals surface area contributed by atoms with Crippen molar-refractivity contribution in [2.24, 2.45) is 0 Å². The van der Waals surface area contributed by atoms with Crippen molar-refractivity contribution in [3.8, 4) is 12.3 Å². The van der Waals surface area contributed by atoms with Gasteiger partial charge in [0.05, 0.1) is 22.7 Å². The number of methoxy groups -OCH3 is 1. The second kappa shape index (κ2) is 11.0. The van der Waals surface area contributed by atoms with Gasteiger partial charge in [0.15, 0.2) is 0 Å². The first-order valence-electron chi connectivity index (χ1n) is 13.4. The zero-order valence-corrected chi connectivity index (χ0v) is 24.1. The van der Waals surface area contributed by atoms with Crippen LogP contribution in [-0.2, 0) is 21.1 Å². The van der Waals surface area contributed by atoms with Gasteiger partial charge in [-0.3, -0.25) is 4.79 Å². The Balaban J connectivity index is 1.79. The normalized spacial score (nSPS) is 16.4. The maximum atomic E-state index is 15.5. The third-order valence-corrected chi connectivity index (χ3v) is 7.96. The number of carbonyl (C=O) groups is 1. The first-order chi connectivity index (χ1) is 19.1. The van der Waals surface area contributed by atoms with E-state index in [0.29, 0.717) is 54.0 Å². The van der Waals surface area contributed by atoms with E-state index in [0.717, 1.165) is 25.5 Å². The van der Waals surface area contributed by atoms with Crippen LogP contribution >= 0.6 is 0 Å². The van der Waals surface area contributed by atoms with E-state index in [9.17, 15) is 18.7 Å². The van der Waals surface area contributed by atoms with Crippen molar-refractivity contribution in [3.63, 3.8) is 0 Å². The number of nitrogens with one attached hydrogen (secondary N) is 1. The maximum absolute atomic E-state index is 15.5. The quantitative estimate of drug-likeness (QED) is 0.362. The number of hydrogen-bond donors (Lipinski definition) is 2. The number of aliphatic hydroxyl groups is 1. The molecular weight excluding hydrogens is 533 g/mol. The lowest BCUT2D eigenvalue weighted by Crippen LogP contribution is -2.45. The first-order valence-corrected chi connectivity index (χ1v) is 13.4. The number of piperidine rings is 1. The highest BCUT2D eigenvalue weighted by Crippen LogP contribution is 2.43. The van der Waals surface area contributed by atoms with Gasteiger partial charge in [-0.2, -0.15) is 8.78 Å². The van der Waals surface area contributed by atoms with E-state index in [1.807, 2.05) is 6.07 Å². The molecule has 41 heavy (non-hydrogen) atoms. The van der Waals surface area contributed by atoms with E-state index in [-0.39, 0.29) is 11.5 Å². The molecule has 1 aliphatic heterocycles. The molecule has 1 fully saturated rings. The van der Waals surface area contributed by atoms with Gasteiger partial charge >= 0.3 is 5.92 Å². The largest absolute Gasteiger partial charge is 0.384 e. The average molecular weight is 569 g/mol. The summed E-state index contributed by atoms with van der Waals surface area (Å²) in [6, 6.07) is 6.58. The summed E-state index contributed by atoms with van der Waals surface area (Å²) in [6.45, 7) is 7.76. The number of amides is 1. The zero-order valence-electron chi connectivity index (χ0n) is 24.1. The van der Waals surface area contributed by atoms with Crippen LogP contribution in [0.2, 0.25) is 0 Å². The Kier molecular flexibility index (Phi) is 8.09. The summed E-state index contributed by atoms with van der Waals surface area (Å²) < 4.78 is 51.4. The Morgan fingerprint density at radius 1 is 1.24 bits per heavy atom. The van der Waals surface area contributed by atoms with Gasteiger partial charge in [-0.05, 0) is 58.7 Å². The number of alkyl halides is 2. The minimum absolute atomic E-state index is 0.00801. The number of anilines is 1. The predicted octanol–water partition coefficient (Wildman–Crippen LogP) is 5.58. The van der Waals surface area contributed by atoms with E-state index in [4.69, 9.17) is 11.2 Å². The second-order valence-corrected chi connectivity index (χ2v) is 11.1. The van der Waals surface area contributed by atoms with Crippen molar-refractivity contribution in [3.05, 3.63) is 64.2 Å². The van der Waals surface area contributed by atoms with Gasteiger partial charge in [0, 0.05) is 49.2 Å². The number of nitrogens with zero attached hydrogens (tertiary/aromatic N) is 3. The van der Waals surface area contributed by atoms with Gasteiger partial charge in [0.2, 0.25) is 5.91 Å². The lowest BCUT2D eigenvalue weighted by Gasteiger charge is -2.41. The van der Waals surface area contributed by atoms with Gasteiger partial charge in [-0.1, -0.05) is 18.1 Å². The van der Waals surface area contributed by atoms with Crippen LogP contribution in [0.4, 0.5) is 19.0 Å². The molecule has 7 nitrogen and oxygen atoms in total. The average Bonchev–Trinajstić information content (AvgIpc) is 2.91. The van der Waals surface area contributed by atoms with Crippen LogP contribution in [-0.4, -0.2) is 51.7 Å². The third kappa shape index (κ3) is 5.48. The summed E-state index contributed by atoms with van der Waals surface area (Å²) in [7, 11) is 1.61.